The molecule has 0 spiro atoms. The summed E-state index contributed by atoms with van der Waals surface area (Å²) in [5.74, 6) is -1.86. The van der Waals surface area contributed by atoms with Crippen LogP contribution in [0, 0.1) is 10.1 Å². The van der Waals surface area contributed by atoms with Gasteiger partial charge in [0, 0.05) is 10.7 Å². The van der Waals surface area contributed by atoms with Crippen molar-refractivity contribution in [1.82, 2.24) is 4.98 Å². The molecule has 0 aliphatic heterocycles. The molecule has 0 atom stereocenters. The first-order valence-electron chi connectivity index (χ1n) is 4.59. The van der Waals surface area contributed by atoms with E-state index in [4.69, 9.17) is 0 Å². The van der Waals surface area contributed by atoms with Crippen LogP contribution in [0.25, 0.3) is 0 Å². The fraction of sp³-hybridized carbons (Fsp3) is 0.286. The summed E-state index contributed by atoms with van der Waals surface area (Å²) in [5.41, 5.74) is -4.47. The van der Waals surface area contributed by atoms with Gasteiger partial charge in [-0.1, -0.05) is 0 Å². The minimum absolute atomic E-state index is 0.278. The Bertz CT molecular complexity index is 715. The highest BCUT2D eigenvalue weighted by molar-refractivity contribution is 8.13. The predicted octanol–water partition coefficient (Wildman–Crippen LogP) is 2.83. The Morgan fingerprint density at radius 1 is 1.23 bits per heavy atom. The lowest BCUT2D eigenvalue weighted by atomic mass is 10.3. The second-order valence-electron chi connectivity index (χ2n) is 3.39. The number of nitrogens with zero attached hydrogens (tertiary/aromatic N) is 2. The van der Waals surface area contributed by atoms with Gasteiger partial charge in [0.15, 0.2) is 10.6 Å². The summed E-state index contributed by atoms with van der Waals surface area (Å²) in [6, 6.07) is 0. The van der Waals surface area contributed by atoms with E-state index >= 15 is 0 Å². The van der Waals surface area contributed by atoms with Gasteiger partial charge >= 0.3 is 18.2 Å². The van der Waals surface area contributed by atoms with E-state index in [1.54, 1.807) is 0 Å². The van der Waals surface area contributed by atoms with Crippen LogP contribution in [0.3, 0.4) is 0 Å². The Hall–Kier alpha value is -1.83. The molecule has 0 aliphatic carbocycles. The van der Waals surface area contributed by atoms with Crippen LogP contribution >= 0.6 is 10.7 Å². The lowest BCUT2D eigenvalue weighted by molar-refractivity contribution is -0.392. The van der Waals surface area contributed by atoms with Crippen LogP contribution in [-0.2, 0) is 15.2 Å². The molecule has 15 heteroatoms. The largest absolute Gasteiger partial charge is 0.573 e. The predicted molar refractivity (Wildman–Crippen MR) is 55.6 cm³/mol. The fourth-order valence-electron chi connectivity index (χ4n) is 1.27. The van der Waals surface area contributed by atoms with E-state index in [2.05, 4.69) is 20.4 Å². The van der Waals surface area contributed by atoms with Crippen LogP contribution in [0.5, 0.6) is 5.75 Å². The van der Waals surface area contributed by atoms with Gasteiger partial charge < -0.3 is 4.74 Å². The first kappa shape index (κ1) is 18.2. The lowest BCUT2D eigenvalue weighted by Crippen LogP contribution is -2.21. The molecule has 124 valence electrons. The summed E-state index contributed by atoms with van der Waals surface area (Å²) in [6.45, 7) is 0. The molecule has 0 radical (unpaired) electrons. The minimum Gasteiger partial charge on any atom is -0.397 e. The summed E-state index contributed by atoms with van der Waals surface area (Å²) in [4.78, 5) is 9.07. The van der Waals surface area contributed by atoms with E-state index in [1.165, 1.54) is 0 Å². The minimum atomic E-state index is -5.54. The molecule has 22 heavy (non-hydrogen) atoms. The van der Waals surface area contributed by atoms with Crippen molar-refractivity contribution in [3.8, 4) is 5.75 Å². The van der Waals surface area contributed by atoms with Crippen molar-refractivity contribution in [2.45, 2.75) is 17.4 Å². The van der Waals surface area contributed by atoms with Gasteiger partial charge in [0.25, 0.3) is 9.05 Å². The van der Waals surface area contributed by atoms with Crippen molar-refractivity contribution in [1.29, 1.82) is 0 Å². The number of ether oxygens (including phenoxy) is 1. The molecule has 0 amide bonds. The maximum atomic E-state index is 12.6. The molecule has 1 heterocycles. The molecule has 1 aromatic heterocycles. The van der Waals surface area contributed by atoms with Gasteiger partial charge in [-0.3, -0.25) is 10.1 Å². The number of pyridine rings is 1. The van der Waals surface area contributed by atoms with Crippen LogP contribution in [0.2, 0.25) is 0 Å². The molecule has 0 fully saturated rings. The van der Waals surface area contributed by atoms with E-state index in [9.17, 15) is 44.9 Å². The molecular weight excluding hydrogens is 374 g/mol. The number of alkyl halides is 6. The third-order valence-corrected chi connectivity index (χ3v) is 3.23. The molecule has 0 N–H and O–H groups in total. The zero-order chi connectivity index (χ0) is 17.5. The Morgan fingerprint density at radius 2 is 1.73 bits per heavy atom. The fourth-order valence-corrected chi connectivity index (χ4v) is 2.52. The van der Waals surface area contributed by atoms with Crippen LogP contribution in [0.15, 0.2) is 11.1 Å². The summed E-state index contributed by atoms with van der Waals surface area (Å²) in [5, 5.41) is 10.7. The number of rotatable bonds is 3. The van der Waals surface area contributed by atoms with Crippen molar-refractivity contribution >= 4 is 25.4 Å². The van der Waals surface area contributed by atoms with Gasteiger partial charge in [-0.05, 0) is 0 Å². The van der Waals surface area contributed by atoms with Crippen molar-refractivity contribution in [3.63, 3.8) is 0 Å². The maximum absolute atomic E-state index is 12.6. The quantitative estimate of drug-likeness (QED) is 0.349. The zero-order valence-electron chi connectivity index (χ0n) is 9.57. The highest BCUT2D eigenvalue weighted by atomic mass is 35.7. The Kier molecular flexibility index (Phi) is 4.49. The van der Waals surface area contributed by atoms with Crippen molar-refractivity contribution < 1.29 is 44.4 Å². The summed E-state index contributed by atoms with van der Waals surface area (Å²) < 4.78 is 99.4. The average Bonchev–Trinajstić information content (AvgIpc) is 2.22. The first-order chi connectivity index (χ1) is 9.64. The number of nitro groups is 1. The van der Waals surface area contributed by atoms with Gasteiger partial charge in [0.2, 0.25) is 5.75 Å². The summed E-state index contributed by atoms with van der Waals surface area (Å²) >= 11 is 0. The molecule has 0 bridgehead atoms. The van der Waals surface area contributed by atoms with E-state index in [0.29, 0.717) is 0 Å². The van der Waals surface area contributed by atoms with Crippen LogP contribution in [-0.4, -0.2) is 24.7 Å². The number of aromatic nitrogens is 1. The summed E-state index contributed by atoms with van der Waals surface area (Å²) in [7, 11) is -0.817. The van der Waals surface area contributed by atoms with Gasteiger partial charge in [-0.25, -0.2) is 13.4 Å². The highest BCUT2D eigenvalue weighted by Crippen LogP contribution is 2.44. The SMILES string of the molecule is O=[N+]([O-])c1c(OC(F)(F)F)cnc(C(F)(F)F)c1S(=O)(=O)Cl. The Balaban J connectivity index is 3.86. The molecule has 0 saturated heterocycles. The molecule has 7 nitrogen and oxygen atoms in total. The lowest BCUT2D eigenvalue weighted by Gasteiger charge is -2.13. The van der Waals surface area contributed by atoms with Crippen molar-refractivity contribution in [2.75, 3.05) is 0 Å². The maximum Gasteiger partial charge on any atom is 0.573 e. The van der Waals surface area contributed by atoms with Gasteiger partial charge in [-0.15, -0.1) is 13.2 Å². The Morgan fingerprint density at radius 3 is 2.05 bits per heavy atom. The normalized spacial score (nSPS) is 13.0. The third kappa shape index (κ3) is 4.09. The van der Waals surface area contributed by atoms with Crippen molar-refractivity contribution in [3.05, 3.63) is 22.0 Å². The number of hydrogen-bond donors (Lipinski definition) is 0. The van der Waals surface area contributed by atoms with Crippen LogP contribution in [0.1, 0.15) is 5.69 Å². The molecule has 0 aromatic carbocycles. The monoisotopic (exact) mass is 374 g/mol. The van der Waals surface area contributed by atoms with E-state index in [0.717, 1.165) is 0 Å². The second kappa shape index (κ2) is 5.42. The smallest absolute Gasteiger partial charge is 0.397 e. The van der Waals surface area contributed by atoms with Gasteiger partial charge in [0.1, 0.15) is 0 Å². The second-order valence-corrected chi connectivity index (χ2v) is 5.89. The summed E-state index contributed by atoms with van der Waals surface area (Å²) in [6.07, 6.45) is -11.3. The molecule has 1 rings (SSSR count). The first-order valence-corrected chi connectivity index (χ1v) is 6.90. The molecule has 0 saturated carbocycles. The third-order valence-electron chi connectivity index (χ3n) is 1.90. The zero-order valence-corrected chi connectivity index (χ0v) is 11.1. The van der Waals surface area contributed by atoms with Crippen molar-refractivity contribution in [2.24, 2.45) is 0 Å². The molecule has 1 aromatic rings. The highest BCUT2D eigenvalue weighted by Gasteiger charge is 2.46. The van der Waals surface area contributed by atoms with E-state index in [1.807, 2.05) is 0 Å². The number of halogens is 7. The van der Waals surface area contributed by atoms with E-state index < -0.39 is 48.5 Å². The average molecular weight is 375 g/mol. The Labute approximate surface area is 121 Å². The van der Waals surface area contributed by atoms with Crippen LogP contribution in [0.4, 0.5) is 32.0 Å². The standard InChI is InChI=1S/C7HClF6N2O5S/c8-22(19,20)4-3(16(17)18)2(21-7(12,13)14)1-15-5(4)6(9,10)11/h1H. The topological polar surface area (TPSA) is 99.4 Å². The van der Waals surface area contributed by atoms with E-state index in [-0.39, 0.29) is 6.20 Å². The molecule has 0 unspecified atom stereocenters. The molecular formula is C7HClF6N2O5S. The number of hydrogen-bond acceptors (Lipinski definition) is 6. The van der Waals surface area contributed by atoms with Gasteiger partial charge in [-0.2, -0.15) is 13.2 Å². The van der Waals surface area contributed by atoms with Gasteiger partial charge in [0.05, 0.1) is 11.1 Å². The van der Waals surface area contributed by atoms with Crippen LogP contribution < -0.4 is 4.74 Å². The molecule has 0 aliphatic rings.